The Morgan fingerprint density at radius 1 is 1.13 bits per heavy atom. The molecule has 4 atom stereocenters. The number of rotatable bonds is 1. The third-order valence-corrected chi connectivity index (χ3v) is 7.60. The van der Waals surface area contributed by atoms with Gasteiger partial charge in [0.05, 0.1) is 6.33 Å². The number of aromatic nitrogens is 2. The predicted octanol–water partition coefficient (Wildman–Crippen LogP) is 5.63. The maximum atomic E-state index is 4.26. The summed E-state index contributed by atoms with van der Waals surface area (Å²) in [4.78, 5) is 4.26. The third kappa shape index (κ3) is 2.16. The van der Waals surface area contributed by atoms with E-state index in [1.165, 1.54) is 32.1 Å². The van der Waals surface area contributed by atoms with Crippen LogP contribution in [0.15, 0.2) is 30.4 Å². The zero-order valence-corrected chi connectivity index (χ0v) is 15.5. The molecule has 23 heavy (non-hydrogen) atoms. The van der Waals surface area contributed by atoms with Crippen molar-refractivity contribution in [3.63, 3.8) is 0 Å². The van der Waals surface area contributed by atoms with E-state index in [2.05, 4.69) is 56.4 Å². The highest BCUT2D eigenvalue weighted by molar-refractivity contribution is 5.27. The molecule has 3 aliphatic carbocycles. The van der Waals surface area contributed by atoms with Crippen molar-refractivity contribution in [1.82, 2.24) is 9.55 Å². The second kappa shape index (κ2) is 4.74. The molecule has 1 heterocycles. The minimum Gasteiger partial charge on any atom is -0.334 e. The molecular formula is C21H32N2. The standard InChI is InChI=1S/C21H32N2/c1-19(2)13-20(3,4)18-17(19)7-6-15-12-16(8-9-21(15,18)5)23-11-10-22-14-23/h6,10-11,14,16-18H,7-9,12-13H2,1-5H3/t16-,17?,18?,21-/m0/s1. The second-order valence-corrected chi connectivity index (χ2v) is 10.0. The quantitative estimate of drug-likeness (QED) is 0.614. The average Bonchev–Trinajstić information content (AvgIpc) is 3.03. The number of hydrogen-bond donors (Lipinski definition) is 0. The van der Waals surface area contributed by atoms with Crippen molar-refractivity contribution < 1.29 is 0 Å². The van der Waals surface area contributed by atoms with Crippen LogP contribution in [0.3, 0.4) is 0 Å². The number of hydrogen-bond acceptors (Lipinski definition) is 1. The molecule has 4 rings (SSSR count). The van der Waals surface area contributed by atoms with Gasteiger partial charge in [0.15, 0.2) is 0 Å². The Morgan fingerprint density at radius 3 is 2.61 bits per heavy atom. The van der Waals surface area contributed by atoms with E-state index < -0.39 is 0 Å². The van der Waals surface area contributed by atoms with Crippen LogP contribution in [0.1, 0.15) is 72.8 Å². The molecule has 0 N–H and O–H groups in total. The van der Waals surface area contributed by atoms with Crippen LogP contribution < -0.4 is 0 Å². The highest BCUT2D eigenvalue weighted by Crippen LogP contribution is 2.69. The van der Waals surface area contributed by atoms with Crippen LogP contribution in [0.4, 0.5) is 0 Å². The van der Waals surface area contributed by atoms with Gasteiger partial charge in [-0.3, -0.25) is 0 Å². The molecule has 0 amide bonds. The van der Waals surface area contributed by atoms with Crippen molar-refractivity contribution in [3.8, 4) is 0 Å². The molecule has 2 unspecified atom stereocenters. The van der Waals surface area contributed by atoms with E-state index in [4.69, 9.17) is 0 Å². The average molecular weight is 313 g/mol. The molecule has 2 saturated carbocycles. The SMILES string of the molecule is CC1(C)CC(C)(C)C2C1CC=C1C[C@@H](n3ccnc3)CC[C@@]12C. The van der Waals surface area contributed by atoms with Gasteiger partial charge in [-0.05, 0) is 60.2 Å². The fraction of sp³-hybridized carbons (Fsp3) is 0.762. The van der Waals surface area contributed by atoms with E-state index in [1.807, 2.05) is 12.5 Å². The van der Waals surface area contributed by atoms with Gasteiger partial charge >= 0.3 is 0 Å². The summed E-state index contributed by atoms with van der Waals surface area (Å²) in [5.41, 5.74) is 3.11. The molecule has 2 nitrogen and oxygen atoms in total. The van der Waals surface area contributed by atoms with Crippen molar-refractivity contribution in [2.45, 2.75) is 72.8 Å². The van der Waals surface area contributed by atoms with E-state index in [9.17, 15) is 0 Å². The first kappa shape index (κ1) is 15.5. The highest BCUT2D eigenvalue weighted by Gasteiger charge is 2.60. The van der Waals surface area contributed by atoms with E-state index in [0.717, 1.165) is 11.8 Å². The van der Waals surface area contributed by atoms with Crippen molar-refractivity contribution in [3.05, 3.63) is 30.4 Å². The first-order valence-corrected chi connectivity index (χ1v) is 9.41. The molecular weight excluding hydrogens is 280 g/mol. The second-order valence-electron chi connectivity index (χ2n) is 10.0. The molecule has 1 aromatic heterocycles. The Balaban J connectivity index is 1.69. The molecule has 2 heteroatoms. The lowest BCUT2D eigenvalue weighted by Crippen LogP contribution is -2.45. The maximum absolute atomic E-state index is 4.26. The smallest absolute Gasteiger partial charge is 0.0948 e. The van der Waals surface area contributed by atoms with Gasteiger partial charge < -0.3 is 4.57 Å². The minimum absolute atomic E-state index is 0.414. The maximum Gasteiger partial charge on any atom is 0.0948 e. The van der Waals surface area contributed by atoms with Gasteiger partial charge in [-0.15, -0.1) is 0 Å². The van der Waals surface area contributed by atoms with Crippen molar-refractivity contribution in [1.29, 1.82) is 0 Å². The van der Waals surface area contributed by atoms with Gasteiger partial charge in [-0.25, -0.2) is 4.98 Å². The molecule has 0 aromatic carbocycles. The summed E-state index contributed by atoms with van der Waals surface area (Å²) in [5.74, 6) is 1.70. The highest BCUT2D eigenvalue weighted by atomic mass is 15.1. The van der Waals surface area contributed by atoms with Gasteiger partial charge in [0, 0.05) is 18.4 Å². The number of nitrogens with zero attached hydrogens (tertiary/aromatic N) is 2. The molecule has 3 aliphatic rings. The predicted molar refractivity (Wildman–Crippen MR) is 95.1 cm³/mol. The lowest BCUT2D eigenvalue weighted by Gasteiger charge is -2.53. The minimum atomic E-state index is 0.414. The molecule has 1 aromatic rings. The zero-order chi connectivity index (χ0) is 16.5. The van der Waals surface area contributed by atoms with Crippen LogP contribution >= 0.6 is 0 Å². The summed E-state index contributed by atoms with van der Waals surface area (Å²) >= 11 is 0. The zero-order valence-electron chi connectivity index (χ0n) is 15.5. The van der Waals surface area contributed by atoms with Crippen LogP contribution in [0.2, 0.25) is 0 Å². The third-order valence-electron chi connectivity index (χ3n) is 7.60. The van der Waals surface area contributed by atoms with E-state index in [-0.39, 0.29) is 0 Å². The number of fused-ring (bicyclic) bond motifs is 3. The number of imidazole rings is 1. The Morgan fingerprint density at radius 2 is 1.91 bits per heavy atom. The fourth-order valence-electron chi connectivity index (χ4n) is 7.07. The van der Waals surface area contributed by atoms with Gasteiger partial charge in [0.25, 0.3) is 0 Å². The van der Waals surface area contributed by atoms with Gasteiger partial charge in [-0.1, -0.05) is 46.3 Å². The summed E-state index contributed by atoms with van der Waals surface area (Å²) in [7, 11) is 0. The number of allylic oxidation sites excluding steroid dienone is 2. The molecule has 0 saturated heterocycles. The van der Waals surface area contributed by atoms with Crippen molar-refractivity contribution >= 4 is 0 Å². The first-order valence-electron chi connectivity index (χ1n) is 9.41. The van der Waals surface area contributed by atoms with Gasteiger partial charge in [0.2, 0.25) is 0 Å². The summed E-state index contributed by atoms with van der Waals surface area (Å²) in [6.45, 7) is 12.7. The van der Waals surface area contributed by atoms with Crippen LogP contribution in [-0.2, 0) is 0 Å². The van der Waals surface area contributed by atoms with Crippen LogP contribution in [0.5, 0.6) is 0 Å². The Hall–Kier alpha value is -1.05. The molecule has 0 bridgehead atoms. The molecule has 126 valence electrons. The molecule has 0 aliphatic heterocycles. The lowest BCUT2D eigenvalue weighted by molar-refractivity contribution is 0.0323. The van der Waals surface area contributed by atoms with Crippen LogP contribution in [0, 0.1) is 28.1 Å². The normalized spacial score (nSPS) is 41.1. The fourth-order valence-corrected chi connectivity index (χ4v) is 7.07. The Labute approximate surface area is 141 Å². The van der Waals surface area contributed by atoms with E-state index in [0.29, 0.717) is 22.3 Å². The lowest BCUT2D eigenvalue weighted by atomic mass is 9.52. The molecule has 0 spiro atoms. The van der Waals surface area contributed by atoms with Crippen LogP contribution in [0.25, 0.3) is 0 Å². The van der Waals surface area contributed by atoms with Gasteiger partial charge in [0.1, 0.15) is 0 Å². The van der Waals surface area contributed by atoms with E-state index >= 15 is 0 Å². The van der Waals surface area contributed by atoms with Crippen LogP contribution in [-0.4, -0.2) is 9.55 Å². The summed E-state index contributed by atoms with van der Waals surface area (Å²) in [6.07, 6.45) is 15.2. The van der Waals surface area contributed by atoms with E-state index in [1.54, 1.807) is 5.57 Å². The first-order chi connectivity index (χ1) is 10.7. The largest absolute Gasteiger partial charge is 0.334 e. The molecule has 2 fully saturated rings. The summed E-state index contributed by atoms with van der Waals surface area (Å²) in [5, 5.41) is 0. The molecule has 0 radical (unpaired) electrons. The Kier molecular flexibility index (Phi) is 3.19. The Bertz CT molecular complexity index is 622. The van der Waals surface area contributed by atoms with Crippen molar-refractivity contribution in [2.75, 3.05) is 0 Å². The van der Waals surface area contributed by atoms with Gasteiger partial charge in [-0.2, -0.15) is 0 Å². The topological polar surface area (TPSA) is 17.8 Å². The summed E-state index contributed by atoms with van der Waals surface area (Å²) in [6, 6.07) is 0.617. The van der Waals surface area contributed by atoms with Crippen molar-refractivity contribution in [2.24, 2.45) is 28.1 Å². The monoisotopic (exact) mass is 312 g/mol. The summed E-state index contributed by atoms with van der Waals surface area (Å²) < 4.78 is 2.33.